The van der Waals surface area contributed by atoms with E-state index in [4.69, 9.17) is 14.2 Å². The predicted octanol–water partition coefficient (Wildman–Crippen LogP) is 4.75. The molecule has 1 heterocycles. The summed E-state index contributed by atoms with van der Waals surface area (Å²) < 4.78 is 16.2. The van der Waals surface area contributed by atoms with Crippen LogP contribution in [0.25, 0.3) is 6.08 Å². The zero-order valence-corrected chi connectivity index (χ0v) is 18.3. The van der Waals surface area contributed by atoms with Crippen molar-refractivity contribution in [2.75, 3.05) is 24.7 Å². The maximum atomic E-state index is 13.4. The molecule has 2 aromatic carbocycles. The lowest BCUT2D eigenvalue weighted by Gasteiger charge is -2.18. The third kappa shape index (κ3) is 4.79. The molecule has 3 rings (SSSR count). The summed E-state index contributed by atoms with van der Waals surface area (Å²) in [7, 11) is 0. The average Bonchev–Trinajstić information content (AvgIpc) is 3.00. The number of hydrogen-bond acceptors (Lipinski definition) is 5. The molecule has 0 atom stereocenters. The number of ether oxygens (including phenoxy) is 3. The number of benzene rings is 2. The number of carbonyl (C=O) groups excluding carboxylic acids is 2. The molecule has 0 aliphatic carbocycles. The molecule has 6 nitrogen and oxygen atoms in total. The molecule has 1 aliphatic rings. The van der Waals surface area contributed by atoms with Crippen molar-refractivity contribution >= 4 is 23.6 Å². The van der Waals surface area contributed by atoms with E-state index in [1.807, 2.05) is 38.1 Å². The van der Waals surface area contributed by atoms with Crippen LogP contribution in [0.2, 0.25) is 0 Å². The highest BCUT2D eigenvalue weighted by molar-refractivity contribution is 6.23. The van der Waals surface area contributed by atoms with Gasteiger partial charge in [0.15, 0.2) is 0 Å². The molecule has 0 unspecified atom stereocenters. The van der Waals surface area contributed by atoms with Gasteiger partial charge in [0, 0.05) is 11.4 Å². The Morgan fingerprint density at radius 1 is 0.871 bits per heavy atom. The fraction of sp³-hybridized carbons (Fsp3) is 0.280. The lowest BCUT2D eigenvalue weighted by molar-refractivity contribution is -0.138. The second-order valence-corrected chi connectivity index (χ2v) is 6.81. The van der Waals surface area contributed by atoms with Gasteiger partial charge in [-0.25, -0.2) is 4.79 Å². The Labute approximate surface area is 182 Å². The molecule has 1 amide bonds. The Hall–Kier alpha value is -3.54. The zero-order chi connectivity index (χ0) is 22.4. The zero-order valence-electron chi connectivity index (χ0n) is 18.3. The number of nitrogens with zero attached hydrogens (tertiary/aromatic N) is 1. The van der Waals surface area contributed by atoms with Crippen molar-refractivity contribution in [2.45, 2.75) is 27.7 Å². The number of allylic oxidation sites excluding steroid dienone is 1. The largest absolute Gasteiger partial charge is 0.494 e. The van der Waals surface area contributed by atoms with Gasteiger partial charge in [0.1, 0.15) is 11.5 Å². The van der Waals surface area contributed by atoms with Crippen molar-refractivity contribution in [1.82, 2.24) is 0 Å². The van der Waals surface area contributed by atoms with Crippen molar-refractivity contribution in [3.63, 3.8) is 0 Å². The van der Waals surface area contributed by atoms with Gasteiger partial charge in [-0.05, 0) is 75.7 Å². The van der Waals surface area contributed by atoms with Crippen LogP contribution in [-0.2, 0) is 14.3 Å². The molecule has 1 aliphatic heterocycles. The van der Waals surface area contributed by atoms with E-state index in [-0.39, 0.29) is 18.1 Å². The summed E-state index contributed by atoms with van der Waals surface area (Å²) in [6.07, 6.45) is 1.71. The normalized spacial score (nSPS) is 14.9. The van der Waals surface area contributed by atoms with E-state index in [0.29, 0.717) is 30.2 Å². The summed E-state index contributed by atoms with van der Waals surface area (Å²) in [6.45, 7) is 8.68. The average molecular weight is 421 g/mol. The van der Waals surface area contributed by atoms with Crippen LogP contribution in [0, 0.1) is 0 Å². The van der Waals surface area contributed by atoms with Crippen LogP contribution in [0.1, 0.15) is 33.3 Å². The van der Waals surface area contributed by atoms with Gasteiger partial charge < -0.3 is 14.2 Å². The van der Waals surface area contributed by atoms with Crippen molar-refractivity contribution in [3.05, 3.63) is 70.9 Å². The number of carbonyl (C=O) groups is 2. The second kappa shape index (κ2) is 9.98. The van der Waals surface area contributed by atoms with Crippen LogP contribution in [-0.4, -0.2) is 31.7 Å². The Morgan fingerprint density at radius 3 is 1.94 bits per heavy atom. The minimum atomic E-state index is -0.515. The summed E-state index contributed by atoms with van der Waals surface area (Å²) in [5.41, 5.74) is 2.55. The van der Waals surface area contributed by atoms with Crippen LogP contribution < -0.4 is 14.4 Å². The number of anilines is 1. The lowest BCUT2D eigenvalue weighted by Crippen LogP contribution is -2.24. The molecular formula is C25H27NO5. The molecule has 0 saturated carbocycles. The van der Waals surface area contributed by atoms with Gasteiger partial charge in [-0.15, -0.1) is 0 Å². The monoisotopic (exact) mass is 421 g/mol. The van der Waals surface area contributed by atoms with Crippen molar-refractivity contribution in [3.8, 4) is 11.5 Å². The van der Waals surface area contributed by atoms with Crippen molar-refractivity contribution in [1.29, 1.82) is 0 Å². The van der Waals surface area contributed by atoms with E-state index in [0.717, 1.165) is 17.1 Å². The van der Waals surface area contributed by atoms with Crippen LogP contribution in [0.5, 0.6) is 11.5 Å². The molecule has 0 aromatic heterocycles. The maximum Gasteiger partial charge on any atom is 0.340 e. The van der Waals surface area contributed by atoms with Crippen molar-refractivity contribution < 1.29 is 23.8 Å². The molecule has 0 bridgehead atoms. The smallest absolute Gasteiger partial charge is 0.340 e. The van der Waals surface area contributed by atoms with Gasteiger partial charge in [0.05, 0.1) is 31.0 Å². The summed E-state index contributed by atoms with van der Waals surface area (Å²) >= 11 is 0. The highest BCUT2D eigenvalue weighted by Crippen LogP contribution is 2.36. The van der Waals surface area contributed by atoms with E-state index in [1.54, 1.807) is 44.2 Å². The minimum Gasteiger partial charge on any atom is -0.494 e. The molecule has 0 radical (unpaired) electrons. The van der Waals surface area contributed by atoms with Gasteiger partial charge in [0.2, 0.25) is 0 Å². The lowest BCUT2D eigenvalue weighted by atomic mass is 10.0. The summed E-state index contributed by atoms with van der Waals surface area (Å²) in [6, 6.07) is 14.6. The van der Waals surface area contributed by atoms with Gasteiger partial charge in [-0.2, -0.15) is 0 Å². The standard InChI is InChI=1S/C25H27NO5/c1-5-29-20-12-8-18(9-13-20)16-22-23(25(28)31-7-3)17(4)26(24(22)27)19-10-14-21(15-11-19)30-6-2/h8-16H,5-7H2,1-4H3/b22-16-. The number of hydrogen-bond donors (Lipinski definition) is 0. The number of amides is 1. The molecule has 0 spiro atoms. The molecule has 0 saturated heterocycles. The number of rotatable bonds is 8. The Morgan fingerprint density at radius 2 is 1.42 bits per heavy atom. The van der Waals surface area contributed by atoms with Crippen LogP contribution in [0.3, 0.4) is 0 Å². The first-order valence-electron chi connectivity index (χ1n) is 10.4. The molecule has 2 aromatic rings. The Bertz CT molecular complexity index is 1000. The van der Waals surface area contributed by atoms with E-state index >= 15 is 0 Å². The Kier molecular flexibility index (Phi) is 7.13. The molecule has 0 N–H and O–H groups in total. The van der Waals surface area contributed by atoms with Gasteiger partial charge in [-0.1, -0.05) is 12.1 Å². The van der Waals surface area contributed by atoms with Crippen LogP contribution in [0.4, 0.5) is 5.69 Å². The topological polar surface area (TPSA) is 65.1 Å². The maximum absolute atomic E-state index is 13.4. The second-order valence-electron chi connectivity index (χ2n) is 6.81. The summed E-state index contributed by atoms with van der Waals surface area (Å²) in [5.74, 6) is 0.670. The fourth-order valence-electron chi connectivity index (χ4n) is 3.44. The predicted molar refractivity (Wildman–Crippen MR) is 120 cm³/mol. The molecule has 162 valence electrons. The third-order valence-electron chi connectivity index (χ3n) is 4.79. The van der Waals surface area contributed by atoms with E-state index in [2.05, 4.69) is 0 Å². The molecule has 31 heavy (non-hydrogen) atoms. The van der Waals surface area contributed by atoms with Crippen LogP contribution in [0.15, 0.2) is 65.4 Å². The van der Waals surface area contributed by atoms with Crippen LogP contribution >= 0.6 is 0 Å². The highest BCUT2D eigenvalue weighted by atomic mass is 16.5. The quantitative estimate of drug-likeness (QED) is 0.455. The molecule has 6 heteroatoms. The fourth-order valence-corrected chi connectivity index (χ4v) is 3.44. The minimum absolute atomic E-state index is 0.225. The number of esters is 1. The summed E-state index contributed by atoms with van der Waals surface area (Å²) in [4.78, 5) is 27.6. The molecule has 0 fully saturated rings. The van der Waals surface area contributed by atoms with E-state index in [1.165, 1.54) is 4.90 Å². The first-order chi connectivity index (χ1) is 15.0. The highest BCUT2D eigenvalue weighted by Gasteiger charge is 2.38. The van der Waals surface area contributed by atoms with Crippen molar-refractivity contribution in [2.24, 2.45) is 0 Å². The SMILES string of the molecule is CCOC(=O)C1=C(C)N(c2ccc(OCC)cc2)C(=O)/C1=C\c1ccc(OCC)cc1. The van der Waals surface area contributed by atoms with E-state index in [9.17, 15) is 9.59 Å². The Balaban J connectivity index is 2.01. The van der Waals surface area contributed by atoms with Gasteiger partial charge in [0.25, 0.3) is 5.91 Å². The van der Waals surface area contributed by atoms with Gasteiger partial charge in [-0.3, -0.25) is 9.69 Å². The first kappa shape index (κ1) is 22.2. The van der Waals surface area contributed by atoms with E-state index < -0.39 is 5.97 Å². The summed E-state index contributed by atoms with van der Waals surface area (Å²) in [5, 5.41) is 0. The first-order valence-corrected chi connectivity index (χ1v) is 10.4. The van der Waals surface area contributed by atoms with Gasteiger partial charge >= 0.3 is 5.97 Å². The third-order valence-corrected chi connectivity index (χ3v) is 4.79. The molecular weight excluding hydrogens is 394 g/mol.